The topological polar surface area (TPSA) is 84.9 Å². The van der Waals surface area contributed by atoms with E-state index in [0.29, 0.717) is 25.9 Å². The van der Waals surface area contributed by atoms with Crippen LogP contribution in [0.25, 0.3) is 0 Å². The Balaban J connectivity index is 1.25. The van der Waals surface area contributed by atoms with Crippen LogP contribution in [-0.4, -0.2) is 23.4 Å². The minimum atomic E-state index is -0.722. The van der Waals surface area contributed by atoms with Gasteiger partial charge in [-0.25, -0.2) is 0 Å². The molecule has 0 saturated heterocycles. The van der Waals surface area contributed by atoms with Crippen molar-refractivity contribution in [1.29, 1.82) is 0 Å². The van der Waals surface area contributed by atoms with E-state index in [4.69, 9.17) is 15.7 Å². The molecular weight excluding hydrogens is 388 g/mol. The van der Waals surface area contributed by atoms with Crippen LogP contribution >= 0.6 is 0 Å². The number of Topliss-reactive ketones (excluding diaryl/α,β-unsaturated/α-hetero) is 1. The molecule has 2 aromatic rings. The maximum absolute atomic E-state index is 12.5. The molecule has 5 nitrogen and oxygen atoms in total. The first kappa shape index (κ1) is 23.0. The predicted octanol–water partition coefficient (Wildman–Crippen LogP) is 5.03. The summed E-state index contributed by atoms with van der Waals surface area (Å²) >= 11 is 0. The molecule has 31 heavy (non-hydrogen) atoms. The van der Waals surface area contributed by atoms with Crippen LogP contribution in [-0.2, 0) is 29.0 Å². The molecule has 1 fully saturated rings. The third-order valence-electron chi connectivity index (χ3n) is 6.14. The Morgan fingerprint density at radius 1 is 0.903 bits per heavy atom. The number of ether oxygens (including phenoxy) is 1. The van der Waals surface area contributed by atoms with Gasteiger partial charge in [0.15, 0.2) is 11.6 Å². The minimum Gasteiger partial charge on any atom is -0.409 e. The van der Waals surface area contributed by atoms with Crippen LogP contribution in [0.5, 0.6) is 0 Å². The van der Waals surface area contributed by atoms with Crippen molar-refractivity contribution < 1.29 is 14.7 Å². The fourth-order valence-electron chi connectivity index (χ4n) is 3.90. The van der Waals surface area contributed by atoms with E-state index < -0.39 is 5.41 Å². The molecule has 0 atom stereocenters. The van der Waals surface area contributed by atoms with Crippen LogP contribution in [0.4, 0.5) is 0 Å². The second kappa shape index (κ2) is 11.7. The molecule has 2 aromatic carbocycles. The van der Waals surface area contributed by atoms with Gasteiger partial charge in [-0.05, 0) is 48.8 Å². The number of amidine groups is 1. The lowest BCUT2D eigenvalue weighted by Crippen LogP contribution is -2.33. The number of nitrogens with zero attached hydrogens (tertiary/aromatic N) is 1. The molecule has 0 radical (unpaired) electrons. The van der Waals surface area contributed by atoms with Crippen molar-refractivity contribution in [1.82, 2.24) is 0 Å². The average Bonchev–Trinajstić information content (AvgIpc) is 3.61. The van der Waals surface area contributed by atoms with E-state index in [-0.39, 0.29) is 11.6 Å². The highest BCUT2D eigenvalue weighted by atomic mass is 16.5. The number of oxime groups is 1. The molecule has 166 valence electrons. The molecule has 0 amide bonds. The Morgan fingerprint density at radius 2 is 1.55 bits per heavy atom. The molecule has 0 unspecified atom stereocenters. The molecule has 0 bridgehead atoms. The Labute approximate surface area is 185 Å². The lowest BCUT2D eigenvalue weighted by Gasteiger charge is -2.12. The van der Waals surface area contributed by atoms with Crippen molar-refractivity contribution in [2.75, 3.05) is 6.61 Å². The number of rotatable bonds is 14. The number of hydrogen-bond acceptors (Lipinski definition) is 4. The highest BCUT2D eigenvalue weighted by molar-refractivity contribution is 6.10. The third kappa shape index (κ3) is 6.93. The van der Waals surface area contributed by atoms with Crippen LogP contribution in [0.2, 0.25) is 0 Å². The van der Waals surface area contributed by atoms with E-state index >= 15 is 0 Å². The molecule has 1 aliphatic carbocycles. The lowest BCUT2D eigenvalue weighted by molar-refractivity contribution is -0.121. The van der Waals surface area contributed by atoms with E-state index in [9.17, 15) is 4.79 Å². The van der Waals surface area contributed by atoms with Crippen LogP contribution in [0.3, 0.4) is 0 Å². The summed E-state index contributed by atoms with van der Waals surface area (Å²) in [4.78, 5) is 12.5. The summed E-state index contributed by atoms with van der Waals surface area (Å²) in [6.07, 6.45) is 8.71. The van der Waals surface area contributed by atoms with Gasteiger partial charge in [0, 0.05) is 13.0 Å². The number of aryl methyl sites for hydroxylation is 1. The Kier molecular flexibility index (Phi) is 8.65. The van der Waals surface area contributed by atoms with Crippen molar-refractivity contribution in [3.05, 3.63) is 71.3 Å². The summed E-state index contributed by atoms with van der Waals surface area (Å²) in [5.41, 5.74) is 8.50. The first-order valence-electron chi connectivity index (χ1n) is 11.3. The maximum Gasteiger partial charge on any atom is 0.152 e. The molecule has 0 spiro atoms. The summed E-state index contributed by atoms with van der Waals surface area (Å²) < 4.78 is 5.73. The lowest BCUT2D eigenvalue weighted by atomic mass is 9.93. The quantitative estimate of drug-likeness (QED) is 0.147. The van der Waals surface area contributed by atoms with Gasteiger partial charge in [0.05, 0.1) is 12.0 Å². The van der Waals surface area contributed by atoms with Gasteiger partial charge >= 0.3 is 0 Å². The highest BCUT2D eigenvalue weighted by Crippen LogP contribution is 2.47. The van der Waals surface area contributed by atoms with Crippen LogP contribution in [0.15, 0.2) is 59.8 Å². The van der Waals surface area contributed by atoms with Gasteiger partial charge in [-0.1, -0.05) is 79.0 Å². The smallest absolute Gasteiger partial charge is 0.152 e. The Hall–Kier alpha value is -2.66. The summed E-state index contributed by atoms with van der Waals surface area (Å²) in [5, 5.41) is 11.9. The number of nitrogens with two attached hydrogens (primary N) is 1. The standard InChI is InChI=1S/C26H34N2O3/c27-25(28-30)26(16-17-26)24(29)19-22-14-12-21(13-15-22)9-5-2-1-3-8-18-31-20-23-10-6-4-7-11-23/h4,6-7,10-15,30H,1-3,5,8-9,16-20H2,(H2,27,28). The molecule has 1 aliphatic rings. The van der Waals surface area contributed by atoms with Crippen LogP contribution in [0, 0.1) is 5.41 Å². The molecule has 0 aromatic heterocycles. The number of hydrogen-bond donors (Lipinski definition) is 2. The maximum atomic E-state index is 12.5. The average molecular weight is 423 g/mol. The molecule has 3 N–H and O–H groups in total. The fourth-order valence-corrected chi connectivity index (χ4v) is 3.90. The molecule has 1 saturated carbocycles. The van der Waals surface area contributed by atoms with Crippen molar-refractivity contribution >= 4 is 11.6 Å². The second-order valence-electron chi connectivity index (χ2n) is 8.54. The van der Waals surface area contributed by atoms with E-state index in [2.05, 4.69) is 29.4 Å². The van der Waals surface area contributed by atoms with Gasteiger partial charge in [0.1, 0.15) is 0 Å². The zero-order valence-electron chi connectivity index (χ0n) is 18.3. The fraction of sp³-hybridized carbons (Fsp3) is 0.462. The van der Waals surface area contributed by atoms with Gasteiger partial charge < -0.3 is 15.7 Å². The molecular formula is C26H34N2O3. The summed E-state index contributed by atoms with van der Waals surface area (Å²) in [7, 11) is 0. The first-order chi connectivity index (χ1) is 15.1. The Morgan fingerprint density at radius 3 is 2.23 bits per heavy atom. The monoisotopic (exact) mass is 422 g/mol. The summed E-state index contributed by atoms with van der Waals surface area (Å²) in [6, 6.07) is 18.6. The van der Waals surface area contributed by atoms with Gasteiger partial charge in [-0.3, -0.25) is 4.79 Å². The van der Waals surface area contributed by atoms with Crippen molar-refractivity contribution in [3.63, 3.8) is 0 Å². The van der Waals surface area contributed by atoms with Crippen molar-refractivity contribution in [3.8, 4) is 0 Å². The van der Waals surface area contributed by atoms with Crippen LogP contribution in [0.1, 0.15) is 61.6 Å². The number of unbranched alkanes of at least 4 members (excludes halogenated alkanes) is 4. The SMILES string of the molecule is N/C(=N\O)C1(C(=O)Cc2ccc(CCCCCCCOCc3ccccc3)cc2)CC1. The largest absolute Gasteiger partial charge is 0.409 e. The normalized spacial score (nSPS) is 15.0. The Bertz CT molecular complexity index is 843. The van der Waals surface area contributed by atoms with Gasteiger partial charge in [0.25, 0.3) is 0 Å². The van der Waals surface area contributed by atoms with Gasteiger partial charge in [-0.2, -0.15) is 0 Å². The van der Waals surface area contributed by atoms with Gasteiger partial charge in [-0.15, -0.1) is 0 Å². The molecule has 5 heteroatoms. The predicted molar refractivity (Wildman–Crippen MR) is 123 cm³/mol. The number of ketones is 1. The molecule has 0 heterocycles. The minimum absolute atomic E-state index is 0.0447. The second-order valence-corrected chi connectivity index (χ2v) is 8.54. The zero-order valence-corrected chi connectivity index (χ0v) is 18.3. The van der Waals surface area contributed by atoms with Crippen LogP contribution < -0.4 is 5.73 Å². The number of benzene rings is 2. The van der Waals surface area contributed by atoms with Crippen molar-refractivity contribution in [2.45, 2.75) is 64.4 Å². The first-order valence-corrected chi connectivity index (χ1v) is 11.3. The molecule has 0 aliphatic heterocycles. The van der Waals surface area contributed by atoms with Crippen molar-refractivity contribution in [2.24, 2.45) is 16.3 Å². The summed E-state index contributed by atoms with van der Waals surface area (Å²) in [6.45, 7) is 1.53. The highest BCUT2D eigenvalue weighted by Gasteiger charge is 2.53. The van der Waals surface area contributed by atoms with E-state index in [1.807, 2.05) is 30.3 Å². The van der Waals surface area contributed by atoms with E-state index in [0.717, 1.165) is 25.0 Å². The van der Waals surface area contributed by atoms with E-state index in [1.54, 1.807) is 0 Å². The van der Waals surface area contributed by atoms with Gasteiger partial charge in [0.2, 0.25) is 0 Å². The number of carbonyl (C=O) groups is 1. The zero-order chi connectivity index (χ0) is 21.9. The third-order valence-corrected chi connectivity index (χ3v) is 6.14. The summed E-state index contributed by atoms with van der Waals surface area (Å²) in [5.74, 6) is 0.0974. The molecule has 3 rings (SSSR count). The number of carbonyl (C=O) groups excluding carboxylic acids is 1. The van der Waals surface area contributed by atoms with E-state index in [1.165, 1.54) is 36.8 Å².